The van der Waals surface area contributed by atoms with Gasteiger partial charge in [-0.2, -0.15) is 0 Å². The lowest BCUT2D eigenvalue weighted by atomic mass is 10.1. The number of aromatic nitrogens is 1. The number of nitrogens with two attached hydrogens (primary N) is 1. The molecule has 0 aliphatic rings. The second-order valence-electron chi connectivity index (χ2n) is 6.59. The summed E-state index contributed by atoms with van der Waals surface area (Å²) in [5, 5.41) is 7.14. The van der Waals surface area contributed by atoms with Crippen LogP contribution in [-0.2, 0) is 4.79 Å². The molecule has 0 saturated heterocycles. The van der Waals surface area contributed by atoms with Crippen LogP contribution in [0.25, 0.3) is 10.9 Å². The lowest BCUT2D eigenvalue weighted by Gasteiger charge is -2.08. The van der Waals surface area contributed by atoms with Crippen molar-refractivity contribution in [1.82, 2.24) is 10.3 Å². The van der Waals surface area contributed by atoms with Crippen molar-refractivity contribution >= 4 is 45.7 Å². The van der Waals surface area contributed by atoms with E-state index in [-0.39, 0.29) is 11.8 Å². The van der Waals surface area contributed by atoms with Gasteiger partial charge in [-0.05, 0) is 43.2 Å². The van der Waals surface area contributed by atoms with Gasteiger partial charge in [-0.3, -0.25) is 9.59 Å². The standard InChI is InChI=1S/C21H23ClN4O2/c22-15-7-6-10-17-14(15)13-19(25-17)21(28)24-12-5-1-2-11-20(27)26-18-9-4-3-8-16(18)23/h3-4,6-10,13,25H,1-2,5,11-12,23H2,(H,24,28)(H,26,27). The quantitative estimate of drug-likeness (QED) is 0.335. The third-order valence-corrected chi connectivity index (χ3v) is 4.79. The minimum atomic E-state index is -0.162. The molecule has 1 heterocycles. The van der Waals surface area contributed by atoms with Gasteiger partial charge in [0.2, 0.25) is 5.91 Å². The van der Waals surface area contributed by atoms with Crippen LogP contribution in [0.15, 0.2) is 48.5 Å². The van der Waals surface area contributed by atoms with E-state index >= 15 is 0 Å². The van der Waals surface area contributed by atoms with Gasteiger partial charge in [0.15, 0.2) is 0 Å². The topological polar surface area (TPSA) is 100 Å². The number of hydrogen-bond donors (Lipinski definition) is 4. The smallest absolute Gasteiger partial charge is 0.267 e. The van der Waals surface area contributed by atoms with Crippen molar-refractivity contribution in [1.29, 1.82) is 0 Å². The number of amides is 2. The minimum Gasteiger partial charge on any atom is -0.397 e. The molecule has 6 nitrogen and oxygen atoms in total. The molecular weight excluding hydrogens is 376 g/mol. The molecule has 0 atom stereocenters. The maximum Gasteiger partial charge on any atom is 0.267 e. The average molecular weight is 399 g/mol. The highest BCUT2D eigenvalue weighted by molar-refractivity contribution is 6.35. The molecule has 0 aliphatic carbocycles. The van der Waals surface area contributed by atoms with Gasteiger partial charge >= 0.3 is 0 Å². The number of halogens is 1. The Kier molecular flexibility index (Phi) is 6.55. The molecule has 0 radical (unpaired) electrons. The Morgan fingerprint density at radius 3 is 2.64 bits per heavy atom. The van der Waals surface area contributed by atoms with Gasteiger partial charge in [0, 0.05) is 28.9 Å². The Bertz CT molecular complexity index is 983. The van der Waals surface area contributed by atoms with Crippen molar-refractivity contribution in [3.63, 3.8) is 0 Å². The summed E-state index contributed by atoms with van der Waals surface area (Å²) in [6.07, 6.45) is 2.81. The van der Waals surface area contributed by atoms with Crippen molar-refractivity contribution in [3.8, 4) is 0 Å². The molecule has 2 aromatic carbocycles. The molecule has 7 heteroatoms. The van der Waals surface area contributed by atoms with Gasteiger partial charge < -0.3 is 21.4 Å². The van der Waals surface area contributed by atoms with E-state index in [9.17, 15) is 9.59 Å². The zero-order valence-electron chi connectivity index (χ0n) is 15.4. The van der Waals surface area contributed by atoms with Crippen molar-refractivity contribution in [3.05, 3.63) is 59.2 Å². The first-order valence-corrected chi connectivity index (χ1v) is 9.62. The van der Waals surface area contributed by atoms with E-state index in [0.717, 1.165) is 30.2 Å². The van der Waals surface area contributed by atoms with E-state index in [1.807, 2.05) is 24.3 Å². The zero-order chi connectivity index (χ0) is 19.9. The van der Waals surface area contributed by atoms with Crippen molar-refractivity contribution in [2.75, 3.05) is 17.6 Å². The van der Waals surface area contributed by atoms with E-state index < -0.39 is 0 Å². The number of anilines is 2. The van der Waals surface area contributed by atoms with Crippen LogP contribution in [0.3, 0.4) is 0 Å². The van der Waals surface area contributed by atoms with E-state index in [4.69, 9.17) is 17.3 Å². The molecule has 146 valence electrons. The maximum atomic E-state index is 12.2. The van der Waals surface area contributed by atoms with Crippen LogP contribution in [0, 0.1) is 0 Å². The highest BCUT2D eigenvalue weighted by atomic mass is 35.5. The monoisotopic (exact) mass is 398 g/mol. The van der Waals surface area contributed by atoms with Gasteiger partial charge in [-0.25, -0.2) is 0 Å². The third-order valence-electron chi connectivity index (χ3n) is 4.46. The molecular formula is C21H23ClN4O2. The SMILES string of the molecule is Nc1ccccc1NC(=O)CCCCCNC(=O)c1cc2c(Cl)cccc2[nH]1. The largest absolute Gasteiger partial charge is 0.397 e. The number of carbonyl (C=O) groups excluding carboxylic acids is 2. The number of rotatable bonds is 8. The molecule has 2 amide bonds. The highest BCUT2D eigenvalue weighted by Crippen LogP contribution is 2.23. The molecule has 0 spiro atoms. The van der Waals surface area contributed by atoms with Crippen LogP contribution >= 0.6 is 11.6 Å². The Labute approximate surface area is 168 Å². The molecule has 3 aromatic rings. The van der Waals surface area contributed by atoms with Gasteiger partial charge in [0.1, 0.15) is 5.69 Å². The Balaban J connectivity index is 1.35. The number of hydrogen-bond acceptors (Lipinski definition) is 3. The molecule has 0 aliphatic heterocycles. The van der Waals surface area contributed by atoms with Crippen molar-refractivity contribution in [2.45, 2.75) is 25.7 Å². The predicted molar refractivity (Wildman–Crippen MR) is 114 cm³/mol. The van der Waals surface area contributed by atoms with Crippen molar-refractivity contribution < 1.29 is 9.59 Å². The van der Waals surface area contributed by atoms with Gasteiger partial charge in [0.25, 0.3) is 5.91 Å². The van der Waals surface area contributed by atoms with E-state index in [1.54, 1.807) is 24.3 Å². The van der Waals surface area contributed by atoms with Crippen molar-refractivity contribution in [2.24, 2.45) is 0 Å². The second-order valence-corrected chi connectivity index (χ2v) is 6.99. The molecule has 0 bridgehead atoms. The molecule has 0 unspecified atom stereocenters. The summed E-state index contributed by atoms with van der Waals surface area (Å²) < 4.78 is 0. The maximum absolute atomic E-state index is 12.2. The summed E-state index contributed by atoms with van der Waals surface area (Å²) >= 11 is 6.13. The number of carbonyl (C=O) groups is 2. The third kappa shape index (κ3) is 5.04. The Morgan fingerprint density at radius 1 is 1.04 bits per heavy atom. The number of H-pyrrole nitrogens is 1. The molecule has 0 saturated carbocycles. The molecule has 5 N–H and O–H groups in total. The van der Waals surface area contributed by atoms with Crippen LogP contribution in [0.4, 0.5) is 11.4 Å². The first-order valence-electron chi connectivity index (χ1n) is 9.24. The summed E-state index contributed by atoms with van der Waals surface area (Å²) in [4.78, 5) is 27.3. The Hall–Kier alpha value is -2.99. The summed E-state index contributed by atoms with van der Waals surface area (Å²) in [7, 11) is 0. The first kappa shape index (κ1) is 19.8. The van der Waals surface area contributed by atoms with Gasteiger partial charge in [-0.15, -0.1) is 0 Å². The van der Waals surface area contributed by atoms with Crippen LogP contribution in [0.2, 0.25) is 5.02 Å². The summed E-state index contributed by atoms with van der Waals surface area (Å²) in [6, 6.07) is 14.4. The number of fused-ring (bicyclic) bond motifs is 1. The number of unbranched alkanes of at least 4 members (excludes halogenated alkanes) is 2. The molecule has 3 rings (SSSR count). The Morgan fingerprint density at radius 2 is 1.86 bits per heavy atom. The average Bonchev–Trinajstić information content (AvgIpc) is 3.12. The normalized spacial score (nSPS) is 10.8. The highest BCUT2D eigenvalue weighted by Gasteiger charge is 2.10. The number of benzene rings is 2. The fourth-order valence-corrected chi connectivity index (χ4v) is 3.18. The summed E-state index contributed by atoms with van der Waals surface area (Å²) in [6.45, 7) is 0.551. The van der Waals surface area contributed by atoms with E-state index in [0.29, 0.717) is 35.1 Å². The zero-order valence-corrected chi connectivity index (χ0v) is 16.2. The minimum absolute atomic E-state index is 0.0584. The van der Waals surface area contributed by atoms with Crippen LogP contribution in [0.5, 0.6) is 0 Å². The first-order chi connectivity index (χ1) is 13.5. The van der Waals surface area contributed by atoms with Gasteiger partial charge in [-0.1, -0.05) is 36.2 Å². The summed E-state index contributed by atoms with van der Waals surface area (Å²) in [5.41, 5.74) is 8.32. The van der Waals surface area contributed by atoms with Crippen LogP contribution in [0.1, 0.15) is 36.2 Å². The predicted octanol–water partition coefficient (Wildman–Crippen LogP) is 4.33. The number of nitrogen functional groups attached to an aromatic ring is 1. The molecule has 0 fully saturated rings. The van der Waals surface area contributed by atoms with E-state index in [2.05, 4.69) is 15.6 Å². The molecule has 1 aromatic heterocycles. The fourth-order valence-electron chi connectivity index (χ4n) is 2.95. The fraction of sp³-hybridized carbons (Fsp3) is 0.238. The number of para-hydroxylation sites is 2. The molecule has 28 heavy (non-hydrogen) atoms. The lowest BCUT2D eigenvalue weighted by molar-refractivity contribution is -0.116. The lowest BCUT2D eigenvalue weighted by Crippen LogP contribution is -2.24. The van der Waals surface area contributed by atoms with Crippen LogP contribution in [-0.4, -0.2) is 23.3 Å². The second kappa shape index (κ2) is 9.28. The van der Waals surface area contributed by atoms with Gasteiger partial charge in [0.05, 0.1) is 11.4 Å². The van der Waals surface area contributed by atoms with Crippen LogP contribution < -0.4 is 16.4 Å². The van der Waals surface area contributed by atoms with E-state index in [1.165, 1.54) is 0 Å². The number of nitrogens with one attached hydrogen (secondary N) is 3. The summed E-state index contributed by atoms with van der Waals surface area (Å²) in [5.74, 6) is -0.221. The number of aromatic amines is 1.